The number of ether oxygens (including phenoxy) is 1. The first-order valence-electron chi connectivity index (χ1n) is 5.72. The third-order valence-corrected chi connectivity index (χ3v) is 2.43. The van der Waals surface area contributed by atoms with Crippen molar-refractivity contribution in [2.24, 2.45) is 0 Å². The molecule has 1 amide bonds. The maximum Gasteiger partial charge on any atom is 0.258 e. The van der Waals surface area contributed by atoms with Crippen molar-refractivity contribution in [3.05, 3.63) is 29.8 Å². The number of hydrogen-bond acceptors (Lipinski definition) is 4. The minimum atomic E-state index is -0.278. The third kappa shape index (κ3) is 4.44. The molecule has 0 saturated carbocycles. The number of nitrogens with zero attached hydrogens (tertiary/aromatic N) is 1. The SMILES string of the molecule is CC[C@H](CO)NC(=O)COc1ccc(C#N)cc1. The highest BCUT2D eigenvalue weighted by Crippen LogP contribution is 2.11. The summed E-state index contributed by atoms with van der Waals surface area (Å²) in [6, 6.07) is 8.27. The van der Waals surface area contributed by atoms with Crippen LogP contribution in [0.3, 0.4) is 0 Å². The normalized spacial score (nSPS) is 11.4. The second kappa shape index (κ2) is 7.30. The molecule has 0 heterocycles. The Kier molecular flexibility index (Phi) is 5.68. The van der Waals surface area contributed by atoms with Gasteiger partial charge in [0.1, 0.15) is 5.75 Å². The average molecular weight is 248 g/mol. The summed E-state index contributed by atoms with van der Waals surface area (Å²) in [5.41, 5.74) is 0.540. The Bertz CT molecular complexity index is 419. The summed E-state index contributed by atoms with van der Waals surface area (Å²) in [5, 5.41) is 20.2. The van der Waals surface area contributed by atoms with Crippen molar-refractivity contribution in [3.63, 3.8) is 0 Å². The number of benzene rings is 1. The summed E-state index contributed by atoms with van der Waals surface area (Å²) >= 11 is 0. The number of carbonyl (C=O) groups is 1. The fourth-order valence-corrected chi connectivity index (χ4v) is 1.32. The van der Waals surface area contributed by atoms with Gasteiger partial charge < -0.3 is 15.2 Å². The molecule has 1 aromatic rings. The third-order valence-electron chi connectivity index (χ3n) is 2.43. The van der Waals surface area contributed by atoms with E-state index in [0.717, 1.165) is 0 Å². The van der Waals surface area contributed by atoms with Crippen molar-refractivity contribution in [2.75, 3.05) is 13.2 Å². The standard InChI is InChI=1S/C13H16N2O3/c1-2-11(8-16)15-13(17)9-18-12-5-3-10(7-14)4-6-12/h3-6,11,16H,2,8-9H2,1H3,(H,15,17)/t11-/m1/s1. The van der Waals surface area contributed by atoms with Crippen LogP contribution < -0.4 is 10.1 Å². The molecule has 0 unspecified atom stereocenters. The van der Waals surface area contributed by atoms with Crippen molar-refractivity contribution < 1.29 is 14.6 Å². The molecule has 1 rings (SSSR count). The van der Waals surface area contributed by atoms with E-state index in [-0.39, 0.29) is 25.2 Å². The molecule has 0 aliphatic rings. The molecule has 0 bridgehead atoms. The molecule has 5 nitrogen and oxygen atoms in total. The summed E-state index contributed by atoms with van der Waals surface area (Å²) in [6.45, 7) is 1.68. The second-order valence-corrected chi connectivity index (χ2v) is 3.78. The molecule has 18 heavy (non-hydrogen) atoms. The highest BCUT2D eigenvalue weighted by atomic mass is 16.5. The van der Waals surface area contributed by atoms with Crippen LogP contribution >= 0.6 is 0 Å². The molecule has 0 spiro atoms. The van der Waals surface area contributed by atoms with Gasteiger partial charge in [0.25, 0.3) is 5.91 Å². The molecule has 0 saturated heterocycles. The molecule has 1 aromatic carbocycles. The van der Waals surface area contributed by atoms with Crippen LogP contribution in [-0.4, -0.2) is 30.3 Å². The Balaban J connectivity index is 2.40. The molecule has 2 N–H and O–H groups in total. The topological polar surface area (TPSA) is 82.3 Å². The summed E-state index contributed by atoms with van der Waals surface area (Å²) in [7, 11) is 0. The predicted octanol–water partition coefficient (Wildman–Crippen LogP) is 0.824. The van der Waals surface area contributed by atoms with Gasteiger partial charge >= 0.3 is 0 Å². The van der Waals surface area contributed by atoms with E-state index in [1.54, 1.807) is 24.3 Å². The molecule has 0 aliphatic carbocycles. The second-order valence-electron chi connectivity index (χ2n) is 3.78. The molecular weight excluding hydrogens is 232 g/mol. The smallest absolute Gasteiger partial charge is 0.258 e. The quantitative estimate of drug-likeness (QED) is 0.781. The van der Waals surface area contributed by atoms with Gasteiger partial charge in [0.2, 0.25) is 0 Å². The number of carbonyl (C=O) groups excluding carboxylic acids is 1. The summed E-state index contributed by atoms with van der Waals surface area (Å²) in [5.74, 6) is 0.251. The molecule has 1 atom stereocenters. The van der Waals surface area contributed by atoms with Gasteiger partial charge in [-0.15, -0.1) is 0 Å². The van der Waals surface area contributed by atoms with E-state index in [9.17, 15) is 4.79 Å². The lowest BCUT2D eigenvalue weighted by atomic mass is 10.2. The van der Waals surface area contributed by atoms with E-state index in [0.29, 0.717) is 17.7 Å². The fourth-order valence-electron chi connectivity index (χ4n) is 1.32. The van der Waals surface area contributed by atoms with E-state index in [1.807, 2.05) is 13.0 Å². The van der Waals surface area contributed by atoms with Gasteiger partial charge in [0.15, 0.2) is 6.61 Å². The Labute approximate surface area is 106 Å². The number of aliphatic hydroxyl groups is 1. The number of amides is 1. The lowest BCUT2D eigenvalue weighted by Crippen LogP contribution is -2.39. The van der Waals surface area contributed by atoms with E-state index >= 15 is 0 Å². The van der Waals surface area contributed by atoms with Gasteiger partial charge in [-0.1, -0.05) is 6.92 Å². The Morgan fingerprint density at radius 1 is 1.50 bits per heavy atom. The molecule has 0 fully saturated rings. The number of rotatable bonds is 6. The summed E-state index contributed by atoms with van der Waals surface area (Å²) in [6.07, 6.45) is 0.666. The Morgan fingerprint density at radius 2 is 2.17 bits per heavy atom. The van der Waals surface area contributed by atoms with Crippen LogP contribution in [0.5, 0.6) is 5.75 Å². The van der Waals surface area contributed by atoms with Crippen molar-refractivity contribution in [1.29, 1.82) is 5.26 Å². The van der Waals surface area contributed by atoms with Gasteiger partial charge in [-0.05, 0) is 30.7 Å². The highest BCUT2D eigenvalue weighted by molar-refractivity contribution is 5.77. The largest absolute Gasteiger partial charge is 0.484 e. The van der Waals surface area contributed by atoms with Gasteiger partial charge in [0.05, 0.1) is 24.3 Å². The number of nitriles is 1. The first kappa shape index (κ1) is 14.0. The minimum Gasteiger partial charge on any atom is -0.484 e. The zero-order chi connectivity index (χ0) is 13.4. The molecule has 5 heteroatoms. The number of aliphatic hydroxyl groups excluding tert-OH is 1. The van der Waals surface area contributed by atoms with Crippen molar-refractivity contribution in [1.82, 2.24) is 5.32 Å². The van der Waals surface area contributed by atoms with Crippen LogP contribution in [0.4, 0.5) is 0 Å². The summed E-state index contributed by atoms with van der Waals surface area (Å²) in [4.78, 5) is 11.5. The molecule has 96 valence electrons. The van der Waals surface area contributed by atoms with Crippen LogP contribution in [0, 0.1) is 11.3 Å². The van der Waals surface area contributed by atoms with Gasteiger partial charge in [-0.25, -0.2) is 0 Å². The zero-order valence-corrected chi connectivity index (χ0v) is 10.2. The monoisotopic (exact) mass is 248 g/mol. The van der Waals surface area contributed by atoms with E-state index in [4.69, 9.17) is 15.1 Å². The first-order valence-corrected chi connectivity index (χ1v) is 5.72. The van der Waals surface area contributed by atoms with Gasteiger partial charge in [0, 0.05) is 0 Å². The maximum atomic E-state index is 11.5. The first-order chi connectivity index (χ1) is 8.69. The van der Waals surface area contributed by atoms with Crippen LogP contribution in [0.1, 0.15) is 18.9 Å². The lowest BCUT2D eigenvalue weighted by molar-refractivity contribution is -0.124. The van der Waals surface area contributed by atoms with Crippen LogP contribution in [0.25, 0.3) is 0 Å². The average Bonchev–Trinajstić information content (AvgIpc) is 2.43. The zero-order valence-electron chi connectivity index (χ0n) is 10.2. The number of hydrogen-bond donors (Lipinski definition) is 2. The number of nitrogens with one attached hydrogen (secondary N) is 1. The van der Waals surface area contributed by atoms with E-state index < -0.39 is 0 Å². The van der Waals surface area contributed by atoms with Crippen LogP contribution in [0.15, 0.2) is 24.3 Å². The minimum absolute atomic E-state index is 0.0842. The van der Waals surface area contributed by atoms with Crippen LogP contribution in [-0.2, 0) is 4.79 Å². The van der Waals surface area contributed by atoms with Crippen molar-refractivity contribution in [3.8, 4) is 11.8 Å². The van der Waals surface area contributed by atoms with Crippen molar-refractivity contribution in [2.45, 2.75) is 19.4 Å². The summed E-state index contributed by atoms with van der Waals surface area (Å²) < 4.78 is 5.25. The molecule has 0 radical (unpaired) electrons. The molecule has 0 aromatic heterocycles. The van der Waals surface area contributed by atoms with E-state index in [1.165, 1.54) is 0 Å². The Morgan fingerprint density at radius 3 is 2.67 bits per heavy atom. The predicted molar refractivity (Wildman–Crippen MR) is 66.0 cm³/mol. The maximum absolute atomic E-state index is 11.5. The Hall–Kier alpha value is -2.06. The molecule has 0 aliphatic heterocycles. The van der Waals surface area contributed by atoms with E-state index in [2.05, 4.69) is 5.32 Å². The molecular formula is C13H16N2O3. The van der Waals surface area contributed by atoms with Gasteiger partial charge in [-0.3, -0.25) is 4.79 Å². The highest BCUT2D eigenvalue weighted by Gasteiger charge is 2.09. The van der Waals surface area contributed by atoms with Gasteiger partial charge in [-0.2, -0.15) is 5.26 Å². The fraction of sp³-hybridized carbons (Fsp3) is 0.385. The van der Waals surface area contributed by atoms with Crippen molar-refractivity contribution >= 4 is 5.91 Å². The lowest BCUT2D eigenvalue weighted by Gasteiger charge is -2.14. The van der Waals surface area contributed by atoms with Crippen LogP contribution in [0.2, 0.25) is 0 Å².